The molecule has 4 aromatic rings. The Morgan fingerprint density at radius 3 is 2.56 bits per heavy atom. The van der Waals surface area contributed by atoms with E-state index in [1.807, 2.05) is 65.7 Å². The van der Waals surface area contributed by atoms with E-state index in [4.69, 9.17) is 5.10 Å². The maximum absolute atomic E-state index is 12.9. The number of anilines is 1. The van der Waals surface area contributed by atoms with Gasteiger partial charge >= 0.3 is 0 Å². The van der Waals surface area contributed by atoms with Gasteiger partial charge in [0.05, 0.1) is 30.5 Å². The van der Waals surface area contributed by atoms with Gasteiger partial charge in [-0.05, 0) is 48.7 Å². The number of nitrogens with zero attached hydrogens (tertiary/aromatic N) is 3. The largest absolute Gasteiger partial charge is 0.331 e. The molecule has 5 rings (SSSR count). The van der Waals surface area contributed by atoms with Crippen molar-refractivity contribution in [1.82, 2.24) is 14.3 Å². The van der Waals surface area contributed by atoms with Gasteiger partial charge in [-0.2, -0.15) is 5.10 Å². The summed E-state index contributed by atoms with van der Waals surface area (Å²) in [6.07, 6.45) is 9.97. The summed E-state index contributed by atoms with van der Waals surface area (Å²) in [6, 6.07) is 22.4. The number of hydrogen-bond acceptors (Lipinski definition) is 3. The number of aromatic nitrogens is 3. The third-order valence-corrected chi connectivity index (χ3v) is 7.23. The zero-order valence-electron chi connectivity index (χ0n) is 19.4. The first-order valence-electron chi connectivity index (χ1n) is 11.8. The van der Waals surface area contributed by atoms with Crippen LogP contribution in [0.3, 0.4) is 0 Å². The number of likely N-dealkylation sites (tertiary alicyclic amines) is 1. The van der Waals surface area contributed by atoms with Crippen LogP contribution < -0.4 is 10.2 Å². The van der Waals surface area contributed by atoms with Crippen molar-refractivity contribution in [1.29, 1.82) is 0 Å². The van der Waals surface area contributed by atoms with Crippen LogP contribution >= 0.6 is 11.8 Å². The van der Waals surface area contributed by atoms with Crippen LogP contribution in [-0.2, 0) is 11.3 Å². The predicted molar refractivity (Wildman–Crippen MR) is 137 cm³/mol. The quantitative estimate of drug-likeness (QED) is 0.402. The zero-order chi connectivity index (χ0) is 23.3. The average molecular weight is 473 g/mol. The molecule has 0 spiro atoms. The molecule has 34 heavy (non-hydrogen) atoms. The van der Waals surface area contributed by atoms with E-state index in [1.54, 1.807) is 11.8 Å². The minimum atomic E-state index is 0.0673. The number of piperidine rings is 1. The van der Waals surface area contributed by atoms with Gasteiger partial charge < -0.3 is 14.8 Å². The highest BCUT2D eigenvalue weighted by Crippen LogP contribution is 2.22. The molecule has 174 valence electrons. The Hall–Kier alpha value is -3.29. The lowest BCUT2D eigenvalue weighted by Gasteiger charge is -2.28. The maximum Gasteiger partial charge on any atom is 0.227 e. The van der Waals surface area contributed by atoms with Crippen LogP contribution in [0.4, 0.5) is 5.69 Å². The van der Waals surface area contributed by atoms with Gasteiger partial charge in [-0.15, -0.1) is 11.8 Å². The van der Waals surface area contributed by atoms with Crippen molar-refractivity contribution in [3.8, 4) is 11.5 Å². The van der Waals surface area contributed by atoms with Crippen LogP contribution in [0.2, 0.25) is 0 Å². The third kappa shape index (κ3) is 4.95. The Morgan fingerprint density at radius 2 is 1.82 bits per heavy atom. The molecule has 2 aromatic heterocycles. The van der Waals surface area contributed by atoms with Crippen LogP contribution in [0.15, 0.2) is 90.2 Å². The lowest BCUT2D eigenvalue weighted by molar-refractivity contribution is -0.919. The number of para-hydroxylation sites is 1. The highest BCUT2D eigenvalue weighted by molar-refractivity contribution is 7.98. The molecule has 2 N–H and O–H groups in total. The minimum Gasteiger partial charge on any atom is -0.331 e. The third-order valence-electron chi connectivity index (χ3n) is 6.51. The molecule has 2 aromatic carbocycles. The monoisotopic (exact) mass is 472 g/mol. The van der Waals surface area contributed by atoms with Gasteiger partial charge in [-0.1, -0.05) is 24.3 Å². The topological polar surface area (TPSA) is 56.3 Å². The van der Waals surface area contributed by atoms with Gasteiger partial charge in [0.15, 0.2) is 0 Å². The van der Waals surface area contributed by atoms with E-state index < -0.39 is 0 Å². The van der Waals surface area contributed by atoms with Gasteiger partial charge in [-0.25, -0.2) is 4.68 Å². The number of hydrogen-bond donors (Lipinski definition) is 2. The summed E-state index contributed by atoms with van der Waals surface area (Å²) in [5, 5.41) is 7.85. The van der Waals surface area contributed by atoms with Crippen molar-refractivity contribution in [3.63, 3.8) is 0 Å². The first kappa shape index (κ1) is 22.5. The van der Waals surface area contributed by atoms with E-state index in [1.165, 1.54) is 10.5 Å². The lowest BCUT2D eigenvalue weighted by Crippen LogP contribution is -3.11. The van der Waals surface area contributed by atoms with Gasteiger partial charge in [0.2, 0.25) is 5.91 Å². The molecule has 0 saturated carbocycles. The highest BCUT2D eigenvalue weighted by Gasteiger charge is 2.29. The molecule has 1 aliphatic rings. The van der Waals surface area contributed by atoms with Crippen molar-refractivity contribution >= 4 is 23.4 Å². The fourth-order valence-electron chi connectivity index (χ4n) is 4.69. The summed E-state index contributed by atoms with van der Waals surface area (Å²) < 4.78 is 4.15. The molecular formula is C27H30N5OS+. The average Bonchev–Trinajstić information content (AvgIpc) is 3.55. The summed E-state index contributed by atoms with van der Waals surface area (Å²) >= 11 is 1.68. The van der Waals surface area contributed by atoms with E-state index in [9.17, 15) is 4.79 Å². The first-order chi connectivity index (χ1) is 16.7. The van der Waals surface area contributed by atoms with Crippen molar-refractivity contribution in [3.05, 3.63) is 90.9 Å². The van der Waals surface area contributed by atoms with E-state index in [2.05, 4.69) is 40.5 Å². The molecule has 0 aliphatic carbocycles. The Labute approximate surface area is 204 Å². The van der Waals surface area contributed by atoms with Crippen molar-refractivity contribution in [2.45, 2.75) is 24.3 Å². The summed E-state index contributed by atoms with van der Waals surface area (Å²) in [5.74, 6) is 1.29. The summed E-state index contributed by atoms with van der Waals surface area (Å²) in [6.45, 7) is 2.85. The zero-order valence-corrected chi connectivity index (χ0v) is 20.2. The fraction of sp³-hybridized carbons (Fsp3) is 0.259. The molecule has 0 unspecified atom stereocenters. The molecule has 1 fully saturated rings. The van der Waals surface area contributed by atoms with Gasteiger partial charge in [0, 0.05) is 41.7 Å². The number of benzene rings is 2. The Balaban J connectivity index is 1.25. The Bertz CT molecular complexity index is 1230. The molecule has 0 radical (unpaired) electrons. The number of rotatable bonds is 7. The summed E-state index contributed by atoms with van der Waals surface area (Å²) in [5.41, 5.74) is 3.15. The standard InChI is InChI=1S/C27H29N5OS/c1-34-25-11-7-8-23(18-25)29-26(33)21-12-16-30(17-13-21)20-22-19-28-32(24-9-3-2-4-10-24)27(22)31-14-5-6-15-31/h2-11,14-15,18-19,21H,12-13,16-17,20H2,1H3,(H,29,33)/p+1. The van der Waals surface area contributed by atoms with Crippen molar-refractivity contribution in [2.75, 3.05) is 24.7 Å². The summed E-state index contributed by atoms with van der Waals surface area (Å²) in [4.78, 5) is 15.5. The van der Waals surface area contributed by atoms with Gasteiger partial charge in [0.25, 0.3) is 0 Å². The van der Waals surface area contributed by atoms with Gasteiger partial charge in [-0.3, -0.25) is 4.79 Å². The molecule has 1 saturated heterocycles. The molecule has 0 atom stereocenters. The molecule has 1 aliphatic heterocycles. The van der Waals surface area contributed by atoms with Crippen molar-refractivity contribution < 1.29 is 9.69 Å². The molecule has 0 bridgehead atoms. The molecule has 7 heteroatoms. The van der Waals surface area contributed by atoms with Crippen molar-refractivity contribution in [2.24, 2.45) is 5.92 Å². The van der Waals surface area contributed by atoms with Crippen LogP contribution in [-0.4, -0.2) is 39.6 Å². The van der Waals surface area contributed by atoms with Crippen LogP contribution in [0, 0.1) is 5.92 Å². The second kappa shape index (κ2) is 10.3. The van der Waals surface area contributed by atoms with E-state index in [0.717, 1.165) is 54.6 Å². The predicted octanol–water partition coefficient (Wildman–Crippen LogP) is 3.82. The number of thioether (sulfide) groups is 1. The number of amides is 1. The summed E-state index contributed by atoms with van der Waals surface area (Å²) in [7, 11) is 0. The van der Waals surface area contributed by atoms with E-state index in [0.29, 0.717) is 0 Å². The SMILES string of the molecule is CSc1cccc(NC(=O)C2CC[NH+](Cc3cnn(-c4ccccc4)c3-n3cccc3)CC2)c1. The Morgan fingerprint density at radius 1 is 1.06 bits per heavy atom. The van der Waals surface area contributed by atoms with E-state index in [-0.39, 0.29) is 11.8 Å². The van der Waals surface area contributed by atoms with Crippen LogP contribution in [0.25, 0.3) is 11.5 Å². The number of carbonyl (C=O) groups excluding carboxylic acids is 1. The number of nitrogens with one attached hydrogen (secondary N) is 2. The van der Waals surface area contributed by atoms with E-state index >= 15 is 0 Å². The number of carbonyl (C=O) groups is 1. The van der Waals surface area contributed by atoms with Gasteiger partial charge in [0.1, 0.15) is 12.4 Å². The normalized spacial score (nSPS) is 18.0. The number of quaternary nitrogens is 1. The maximum atomic E-state index is 12.9. The molecular weight excluding hydrogens is 442 g/mol. The lowest BCUT2D eigenvalue weighted by atomic mass is 9.95. The van der Waals surface area contributed by atoms with Crippen LogP contribution in [0.1, 0.15) is 18.4 Å². The highest BCUT2D eigenvalue weighted by atomic mass is 32.2. The first-order valence-corrected chi connectivity index (χ1v) is 13.0. The fourth-order valence-corrected chi connectivity index (χ4v) is 5.15. The molecule has 6 nitrogen and oxygen atoms in total. The smallest absolute Gasteiger partial charge is 0.227 e. The molecule has 1 amide bonds. The Kier molecular flexibility index (Phi) is 6.83. The second-order valence-corrected chi connectivity index (χ2v) is 9.63. The van der Waals surface area contributed by atoms with Crippen LogP contribution in [0.5, 0.6) is 0 Å². The second-order valence-electron chi connectivity index (χ2n) is 8.75. The molecule has 3 heterocycles. The minimum absolute atomic E-state index is 0.0673.